The van der Waals surface area contributed by atoms with Gasteiger partial charge in [0.15, 0.2) is 0 Å². The van der Waals surface area contributed by atoms with E-state index in [2.05, 4.69) is 33.4 Å². The molecular weight excluding hydrogens is 488 g/mol. The number of carbonyl (C=O) groups is 1. The number of benzene rings is 1. The van der Waals surface area contributed by atoms with Crippen molar-refractivity contribution in [3.8, 4) is 11.1 Å². The molecule has 2 aliphatic heterocycles. The van der Waals surface area contributed by atoms with Gasteiger partial charge in [0.25, 0.3) is 5.91 Å². The number of nitrogen functional groups attached to an aromatic ring is 1. The summed E-state index contributed by atoms with van der Waals surface area (Å²) in [4.78, 5) is 20.6. The number of nitrogens with one attached hydrogen (secondary N) is 1. The molecule has 4 N–H and O–H groups in total. The molecule has 1 amide bonds. The van der Waals surface area contributed by atoms with E-state index in [1.54, 1.807) is 6.20 Å². The Kier molecular flexibility index (Phi) is 6.25. The van der Waals surface area contributed by atoms with Crippen LogP contribution in [-0.2, 0) is 16.6 Å². The maximum atomic E-state index is 13.4. The molecular formula is C32H42N4O3. The van der Waals surface area contributed by atoms with Gasteiger partial charge in [-0.3, -0.25) is 4.79 Å². The van der Waals surface area contributed by atoms with E-state index in [9.17, 15) is 9.90 Å². The molecule has 0 radical (unpaired) electrons. The van der Waals surface area contributed by atoms with Crippen LogP contribution in [0.4, 0.5) is 5.82 Å². The van der Waals surface area contributed by atoms with Gasteiger partial charge in [0.05, 0.1) is 11.2 Å². The molecule has 5 fully saturated rings. The molecule has 7 heteroatoms. The van der Waals surface area contributed by atoms with Gasteiger partial charge in [-0.05, 0) is 118 Å². The van der Waals surface area contributed by atoms with Crippen LogP contribution in [0, 0.1) is 0 Å². The summed E-state index contributed by atoms with van der Waals surface area (Å²) in [5, 5.41) is 13.9. The Morgan fingerprint density at radius 2 is 1.69 bits per heavy atom. The lowest BCUT2D eigenvalue weighted by Crippen LogP contribution is -2.58. The SMILES string of the molecule is Nc1ncc(-c2ccc3c(c2)CCC32CCN(C3CCOCC3)CC2)cc1C(=O)NC12CCC(O)(CC1)CC2. The van der Waals surface area contributed by atoms with Gasteiger partial charge >= 0.3 is 0 Å². The van der Waals surface area contributed by atoms with E-state index in [1.165, 1.54) is 56.3 Å². The molecule has 3 saturated carbocycles. The zero-order valence-electron chi connectivity index (χ0n) is 23.0. The fourth-order valence-corrected chi connectivity index (χ4v) is 8.37. The summed E-state index contributed by atoms with van der Waals surface area (Å²) in [6.07, 6.45) is 13.7. The summed E-state index contributed by atoms with van der Waals surface area (Å²) >= 11 is 0. The van der Waals surface area contributed by atoms with Crippen LogP contribution in [-0.4, -0.2) is 64.4 Å². The lowest BCUT2D eigenvalue weighted by Gasteiger charge is -2.51. The average molecular weight is 531 g/mol. The standard InChI is InChI=1S/C32H42N4O3/c33-28-26(29(37)35-31-7-10-32(38,11-8-31)12-9-31)20-24(21-34-28)22-1-2-27-23(19-22)3-6-30(27)13-15-36(16-14-30)25-4-17-39-18-5-25/h1-2,19-21,25,38H,3-18H2,(H2,33,34)(H,35,37). The van der Waals surface area contributed by atoms with Crippen LogP contribution in [0.2, 0.25) is 0 Å². The van der Waals surface area contributed by atoms with E-state index in [0.29, 0.717) is 17.0 Å². The first-order chi connectivity index (χ1) is 18.9. The Labute approximate surface area is 231 Å². The zero-order chi connectivity index (χ0) is 26.7. The lowest BCUT2D eigenvalue weighted by molar-refractivity contribution is -0.0702. The summed E-state index contributed by atoms with van der Waals surface area (Å²) in [7, 11) is 0. The number of nitrogens with two attached hydrogens (primary N) is 1. The maximum absolute atomic E-state index is 13.4. The second-order valence-corrected chi connectivity index (χ2v) is 13.1. The van der Waals surface area contributed by atoms with Gasteiger partial charge in [-0.1, -0.05) is 18.2 Å². The minimum Gasteiger partial charge on any atom is -0.390 e. The Hall–Kier alpha value is -2.48. The van der Waals surface area contributed by atoms with Crippen molar-refractivity contribution >= 4 is 11.7 Å². The highest BCUT2D eigenvalue weighted by Crippen LogP contribution is 2.48. The molecule has 39 heavy (non-hydrogen) atoms. The molecule has 2 aromatic rings. The van der Waals surface area contributed by atoms with Crippen molar-refractivity contribution in [2.24, 2.45) is 0 Å². The van der Waals surface area contributed by atoms with Crippen molar-refractivity contribution < 1.29 is 14.6 Å². The number of likely N-dealkylation sites (tertiary alicyclic amines) is 1. The van der Waals surface area contributed by atoms with Crippen molar-refractivity contribution in [3.63, 3.8) is 0 Å². The average Bonchev–Trinajstić information content (AvgIpc) is 3.32. The number of nitrogens with zero attached hydrogens (tertiary/aromatic N) is 2. The Morgan fingerprint density at radius 3 is 2.41 bits per heavy atom. The van der Waals surface area contributed by atoms with Gasteiger partial charge < -0.3 is 25.8 Å². The first-order valence-electron chi connectivity index (χ1n) is 15.1. The number of hydrogen-bond acceptors (Lipinski definition) is 6. The smallest absolute Gasteiger partial charge is 0.255 e. The van der Waals surface area contributed by atoms with Crippen molar-refractivity contribution in [2.75, 3.05) is 32.0 Å². The van der Waals surface area contributed by atoms with Crippen molar-refractivity contribution in [1.82, 2.24) is 15.2 Å². The first-order valence-corrected chi connectivity index (χ1v) is 15.1. The number of ether oxygens (including phenoxy) is 1. The molecule has 0 unspecified atom stereocenters. The van der Waals surface area contributed by atoms with Gasteiger partial charge in [-0.15, -0.1) is 0 Å². The van der Waals surface area contributed by atoms with Crippen LogP contribution in [0.1, 0.15) is 92.1 Å². The van der Waals surface area contributed by atoms with Crippen LogP contribution in [0.5, 0.6) is 0 Å². The predicted octanol–water partition coefficient (Wildman–Crippen LogP) is 4.36. The number of hydrogen-bond donors (Lipinski definition) is 3. The fourth-order valence-electron chi connectivity index (χ4n) is 8.37. The molecule has 7 nitrogen and oxygen atoms in total. The fraction of sp³-hybridized carbons (Fsp3) is 0.625. The molecule has 208 valence electrons. The summed E-state index contributed by atoms with van der Waals surface area (Å²) in [6, 6.07) is 9.50. The molecule has 1 aromatic carbocycles. The van der Waals surface area contributed by atoms with E-state index >= 15 is 0 Å². The molecule has 1 aromatic heterocycles. The number of aryl methyl sites for hydroxylation is 1. The Morgan fingerprint density at radius 1 is 0.974 bits per heavy atom. The van der Waals surface area contributed by atoms with Gasteiger partial charge in [0, 0.05) is 36.6 Å². The maximum Gasteiger partial charge on any atom is 0.255 e. The third kappa shape index (κ3) is 4.56. The number of carbonyl (C=O) groups excluding carboxylic acids is 1. The summed E-state index contributed by atoms with van der Waals surface area (Å²) in [5.74, 6) is 0.123. The van der Waals surface area contributed by atoms with Crippen LogP contribution < -0.4 is 11.1 Å². The monoisotopic (exact) mass is 530 g/mol. The number of fused-ring (bicyclic) bond motifs is 5. The summed E-state index contributed by atoms with van der Waals surface area (Å²) in [5.41, 5.74) is 11.2. The Balaban J connectivity index is 1.07. The first kappa shape index (κ1) is 25.5. The highest BCUT2D eigenvalue weighted by atomic mass is 16.5. The van der Waals surface area contributed by atoms with Crippen LogP contribution in [0.15, 0.2) is 30.5 Å². The van der Waals surface area contributed by atoms with Gasteiger partial charge in [0.1, 0.15) is 5.82 Å². The van der Waals surface area contributed by atoms with E-state index < -0.39 is 5.60 Å². The van der Waals surface area contributed by atoms with Crippen LogP contribution >= 0.6 is 0 Å². The van der Waals surface area contributed by atoms with E-state index in [-0.39, 0.29) is 17.3 Å². The summed E-state index contributed by atoms with van der Waals surface area (Å²) in [6.45, 7) is 4.19. The molecule has 2 bridgehead atoms. The summed E-state index contributed by atoms with van der Waals surface area (Å²) < 4.78 is 5.58. The largest absolute Gasteiger partial charge is 0.390 e. The molecule has 3 heterocycles. The molecule has 6 aliphatic rings. The van der Waals surface area contributed by atoms with Crippen LogP contribution in [0.25, 0.3) is 11.1 Å². The number of aliphatic hydroxyl groups is 1. The quantitative estimate of drug-likeness (QED) is 0.543. The van der Waals surface area contributed by atoms with E-state index in [1.807, 2.05) is 6.07 Å². The van der Waals surface area contributed by atoms with E-state index in [0.717, 1.165) is 69.3 Å². The van der Waals surface area contributed by atoms with Crippen molar-refractivity contribution in [2.45, 2.75) is 99.6 Å². The van der Waals surface area contributed by atoms with E-state index in [4.69, 9.17) is 10.5 Å². The molecule has 1 spiro atoms. The van der Waals surface area contributed by atoms with Crippen molar-refractivity contribution in [1.29, 1.82) is 0 Å². The molecule has 0 atom stereocenters. The number of anilines is 1. The number of amides is 1. The Bertz CT molecular complexity index is 1240. The molecule has 2 saturated heterocycles. The topological polar surface area (TPSA) is 101 Å². The third-order valence-electron chi connectivity index (χ3n) is 11.1. The predicted molar refractivity (Wildman–Crippen MR) is 152 cm³/mol. The molecule has 8 rings (SSSR count). The second kappa shape index (κ2) is 9.57. The number of aromatic nitrogens is 1. The van der Waals surface area contributed by atoms with Gasteiger partial charge in [0.2, 0.25) is 0 Å². The molecule has 4 aliphatic carbocycles. The zero-order valence-corrected chi connectivity index (χ0v) is 23.0. The normalized spacial score (nSPS) is 30.4. The van der Waals surface area contributed by atoms with Crippen LogP contribution in [0.3, 0.4) is 0 Å². The number of pyridine rings is 1. The minimum atomic E-state index is -0.527. The number of piperidine rings is 1. The second-order valence-electron chi connectivity index (χ2n) is 13.1. The van der Waals surface area contributed by atoms with Crippen molar-refractivity contribution in [3.05, 3.63) is 47.2 Å². The van der Waals surface area contributed by atoms with Gasteiger partial charge in [-0.2, -0.15) is 0 Å². The highest BCUT2D eigenvalue weighted by molar-refractivity contribution is 6.00. The number of rotatable bonds is 4. The minimum absolute atomic E-state index is 0.148. The highest BCUT2D eigenvalue weighted by Gasteiger charge is 2.48. The lowest BCUT2D eigenvalue weighted by atomic mass is 9.63. The third-order valence-corrected chi connectivity index (χ3v) is 11.1. The van der Waals surface area contributed by atoms with Gasteiger partial charge in [-0.25, -0.2) is 4.98 Å².